The zero-order valence-corrected chi connectivity index (χ0v) is 13.0. The molecule has 2 heterocycles. The fourth-order valence-corrected chi connectivity index (χ4v) is 1.88. The van der Waals surface area contributed by atoms with Crippen LogP contribution < -0.4 is 10.2 Å². The molecule has 0 saturated heterocycles. The van der Waals surface area contributed by atoms with Crippen LogP contribution in [0.3, 0.4) is 0 Å². The van der Waals surface area contributed by atoms with Gasteiger partial charge in [-0.2, -0.15) is 24.7 Å². The lowest BCUT2D eigenvalue weighted by Gasteiger charge is -2.24. The molecule has 0 radical (unpaired) electrons. The molecule has 114 valence electrons. The highest BCUT2D eigenvalue weighted by Gasteiger charge is 2.15. The van der Waals surface area contributed by atoms with Crippen molar-refractivity contribution >= 4 is 11.9 Å². The second kappa shape index (κ2) is 6.96. The minimum Gasteiger partial charge on any atom is -0.357 e. The summed E-state index contributed by atoms with van der Waals surface area (Å²) in [6.07, 6.45) is 4.15. The van der Waals surface area contributed by atoms with Crippen LogP contribution in [-0.4, -0.2) is 49.9 Å². The third-order valence-corrected chi connectivity index (χ3v) is 3.35. The van der Waals surface area contributed by atoms with Gasteiger partial charge >= 0.3 is 0 Å². The van der Waals surface area contributed by atoms with Gasteiger partial charge in [-0.05, 0) is 12.8 Å². The van der Waals surface area contributed by atoms with Gasteiger partial charge in [-0.15, -0.1) is 0 Å². The van der Waals surface area contributed by atoms with E-state index in [4.69, 9.17) is 0 Å². The summed E-state index contributed by atoms with van der Waals surface area (Å²) in [5.41, 5.74) is 0. The molecule has 0 fully saturated rings. The molecule has 2 aromatic rings. The Morgan fingerprint density at radius 1 is 1.29 bits per heavy atom. The Balaban J connectivity index is 2.35. The molecular formula is C13H22N8. The lowest BCUT2D eigenvalue weighted by Crippen LogP contribution is -2.30. The molecule has 0 aliphatic heterocycles. The quantitative estimate of drug-likeness (QED) is 0.824. The summed E-state index contributed by atoms with van der Waals surface area (Å²) in [6.45, 7) is 8.26. The van der Waals surface area contributed by atoms with Crippen molar-refractivity contribution in [2.45, 2.75) is 27.2 Å². The number of nitrogens with zero attached hydrogens (tertiary/aromatic N) is 7. The Hall–Kier alpha value is -2.25. The van der Waals surface area contributed by atoms with Crippen LogP contribution in [0.15, 0.2) is 12.7 Å². The smallest absolute Gasteiger partial charge is 0.258 e. The van der Waals surface area contributed by atoms with Crippen LogP contribution in [0.25, 0.3) is 5.95 Å². The standard InChI is InChI=1S/C13H22N8/c1-5-10(3)7-20(6-2)12-17-11(14-4)18-13(19-12)21-9-15-8-16-21/h8-10H,5-7H2,1-4H3,(H,14,17,18,19). The van der Waals surface area contributed by atoms with Gasteiger partial charge in [0, 0.05) is 20.1 Å². The molecule has 1 unspecified atom stereocenters. The van der Waals surface area contributed by atoms with E-state index in [9.17, 15) is 0 Å². The van der Waals surface area contributed by atoms with E-state index in [1.165, 1.54) is 11.0 Å². The van der Waals surface area contributed by atoms with Crippen LogP contribution in [0, 0.1) is 5.92 Å². The van der Waals surface area contributed by atoms with Crippen molar-refractivity contribution < 1.29 is 0 Å². The Kier molecular flexibility index (Phi) is 5.02. The van der Waals surface area contributed by atoms with E-state index in [1.54, 1.807) is 13.4 Å². The fraction of sp³-hybridized carbons (Fsp3) is 0.615. The van der Waals surface area contributed by atoms with Crippen molar-refractivity contribution in [3.05, 3.63) is 12.7 Å². The van der Waals surface area contributed by atoms with Gasteiger partial charge in [0.15, 0.2) is 0 Å². The van der Waals surface area contributed by atoms with Gasteiger partial charge in [0.2, 0.25) is 11.9 Å². The maximum Gasteiger partial charge on any atom is 0.258 e. The molecule has 8 heteroatoms. The Labute approximate surface area is 124 Å². The third kappa shape index (κ3) is 3.65. The van der Waals surface area contributed by atoms with E-state index in [0.717, 1.165) is 19.5 Å². The highest BCUT2D eigenvalue weighted by Crippen LogP contribution is 2.15. The molecule has 0 aliphatic carbocycles. The van der Waals surface area contributed by atoms with Crippen molar-refractivity contribution in [2.75, 3.05) is 30.4 Å². The summed E-state index contributed by atoms with van der Waals surface area (Å²) in [7, 11) is 1.79. The molecule has 8 nitrogen and oxygen atoms in total. The second-order valence-corrected chi connectivity index (χ2v) is 4.90. The van der Waals surface area contributed by atoms with E-state index >= 15 is 0 Å². The minimum atomic E-state index is 0.462. The zero-order valence-electron chi connectivity index (χ0n) is 13.0. The minimum absolute atomic E-state index is 0.462. The number of rotatable bonds is 7. The summed E-state index contributed by atoms with van der Waals surface area (Å²) < 4.78 is 1.53. The van der Waals surface area contributed by atoms with Crippen LogP contribution in [-0.2, 0) is 0 Å². The summed E-state index contributed by atoms with van der Waals surface area (Å²) in [5, 5.41) is 7.04. The number of aromatic nitrogens is 6. The summed E-state index contributed by atoms with van der Waals surface area (Å²) >= 11 is 0. The topological polar surface area (TPSA) is 84.7 Å². The molecule has 21 heavy (non-hydrogen) atoms. The van der Waals surface area contributed by atoms with E-state index in [0.29, 0.717) is 23.8 Å². The second-order valence-electron chi connectivity index (χ2n) is 4.90. The third-order valence-electron chi connectivity index (χ3n) is 3.35. The molecule has 0 aliphatic rings. The van der Waals surface area contributed by atoms with Crippen molar-refractivity contribution in [1.29, 1.82) is 0 Å². The predicted octanol–water partition coefficient (Wildman–Crippen LogP) is 1.37. The van der Waals surface area contributed by atoms with Gasteiger partial charge in [-0.25, -0.2) is 4.98 Å². The van der Waals surface area contributed by atoms with Crippen molar-refractivity contribution in [3.8, 4) is 5.95 Å². The lowest BCUT2D eigenvalue weighted by atomic mass is 10.1. The highest BCUT2D eigenvalue weighted by atomic mass is 15.4. The Bertz CT molecular complexity index is 553. The summed E-state index contributed by atoms with van der Waals surface area (Å²) in [4.78, 5) is 19.3. The average Bonchev–Trinajstić information content (AvgIpc) is 3.06. The molecule has 0 bridgehead atoms. The lowest BCUT2D eigenvalue weighted by molar-refractivity contribution is 0.541. The number of anilines is 2. The van der Waals surface area contributed by atoms with Gasteiger partial charge in [0.25, 0.3) is 5.95 Å². The van der Waals surface area contributed by atoms with Crippen molar-refractivity contribution in [1.82, 2.24) is 29.7 Å². The predicted molar refractivity (Wildman–Crippen MR) is 81.6 cm³/mol. The highest BCUT2D eigenvalue weighted by molar-refractivity contribution is 5.39. The van der Waals surface area contributed by atoms with Crippen LogP contribution >= 0.6 is 0 Å². The van der Waals surface area contributed by atoms with E-state index in [1.807, 2.05) is 0 Å². The molecule has 1 N–H and O–H groups in total. The molecule has 0 spiro atoms. The summed E-state index contributed by atoms with van der Waals surface area (Å²) in [5.74, 6) is 2.22. The Morgan fingerprint density at radius 2 is 2.10 bits per heavy atom. The van der Waals surface area contributed by atoms with Crippen LogP contribution in [0.2, 0.25) is 0 Å². The zero-order chi connectivity index (χ0) is 15.2. The first kappa shape index (κ1) is 15.1. The molecule has 1 atom stereocenters. The largest absolute Gasteiger partial charge is 0.357 e. The van der Waals surface area contributed by atoms with Gasteiger partial charge in [-0.1, -0.05) is 20.3 Å². The van der Waals surface area contributed by atoms with Crippen LogP contribution in [0.1, 0.15) is 27.2 Å². The average molecular weight is 290 g/mol. The molecule has 0 aromatic carbocycles. The fourth-order valence-electron chi connectivity index (χ4n) is 1.88. The summed E-state index contributed by atoms with van der Waals surface area (Å²) in [6, 6.07) is 0. The van der Waals surface area contributed by atoms with Crippen molar-refractivity contribution in [3.63, 3.8) is 0 Å². The first-order valence-corrected chi connectivity index (χ1v) is 7.21. The Morgan fingerprint density at radius 3 is 2.67 bits per heavy atom. The van der Waals surface area contributed by atoms with E-state index in [2.05, 4.69) is 56.0 Å². The van der Waals surface area contributed by atoms with Gasteiger partial charge in [0.1, 0.15) is 12.7 Å². The number of hydrogen-bond donors (Lipinski definition) is 1. The number of hydrogen-bond acceptors (Lipinski definition) is 7. The van der Waals surface area contributed by atoms with Crippen molar-refractivity contribution in [2.24, 2.45) is 5.92 Å². The van der Waals surface area contributed by atoms with Gasteiger partial charge in [0.05, 0.1) is 0 Å². The first-order valence-electron chi connectivity index (χ1n) is 7.21. The molecular weight excluding hydrogens is 268 g/mol. The molecule has 2 rings (SSSR count). The van der Waals surface area contributed by atoms with E-state index < -0.39 is 0 Å². The SMILES string of the molecule is CCC(C)CN(CC)c1nc(NC)nc(-n2cncn2)n1. The van der Waals surface area contributed by atoms with E-state index in [-0.39, 0.29) is 0 Å². The molecule has 0 amide bonds. The maximum atomic E-state index is 4.51. The molecule has 2 aromatic heterocycles. The van der Waals surface area contributed by atoms with Gasteiger partial charge in [-0.3, -0.25) is 0 Å². The van der Waals surface area contributed by atoms with Crippen LogP contribution in [0.4, 0.5) is 11.9 Å². The first-order chi connectivity index (χ1) is 10.2. The molecule has 0 saturated carbocycles. The van der Waals surface area contributed by atoms with Crippen LogP contribution in [0.5, 0.6) is 0 Å². The number of nitrogens with one attached hydrogen (secondary N) is 1. The monoisotopic (exact) mass is 290 g/mol. The normalized spacial score (nSPS) is 12.2. The van der Waals surface area contributed by atoms with Gasteiger partial charge < -0.3 is 10.2 Å². The maximum absolute atomic E-state index is 4.51.